The van der Waals surface area contributed by atoms with Crippen LogP contribution < -0.4 is 10.6 Å². The Morgan fingerprint density at radius 2 is 1.81 bits per heavy atom. The summed E-state index contributed by atoms with van der Waals surface area (Å²) in [5, 5.41) is 14.3. The Hall–Kier alpha value is -1.80. The number of amides is 2. The van der Waals surface area contributed by atoms with Gasteiger partial charge in [-0.1, -0.05) is 23.7 Å². The van der Waals surface area contributed by atoms with Crippen LogP contribution in [0.15, 0.2) is 42.5 Å². The van der Waals surface area contributed by atoms with Gasteiger partial charge in [-0.15, -0.1) is 0 Å². The van der Waals surface area contributed by atoms with Crippen molar-refractivity contribution in [2.24, 2.45) is 0 Å². The number of anilines is 2. The van der Waals surface area contributed by atoms with Gasteiger partial charge in [-0.3, -0.25) is 0 Å². The monoisotopic (exact) mass is 416 g/mol. The zero-order valence-corrected chi connectivity index (χ0v) is 13.5. The molecule has 0 aliphatic heterocycles. The average molecular weight is 417 g/mol. The van der Waals surface area contributed by atoms with Crippen LogP contribution in [0.25, 0.3) is 0 Å². The number of nitrogens with one attached hydrogen (secondary N) is 2. The van der Waals surface area contributed by atoms with E-state index in [1.54, 1.807) is 24.3 Å². The van der Waals surface area contributed by atoms with Crippen molar-refractivity contribution in [1.82, 2.24) is 0 Å². The van der Waals surface area contributed by atoms with Crippen molar-refractivity contribution in [3.63, 3.8) is 0 Å². The molecule has 3 N–H and O–H groups in total. The molecule has 2 aromatic carbocycles. The minimum absolute atomic E-state index is 0.0644. The lowest BCUT2D eigenvalue weighted by Gasteiger charge is -2.11. The highest BCUT2D eigenvalue weighted by Crippen LogP contribution is 2.24. The maximum atomic E-state index is 11.9. The minimum atomic E-state index is -1.20. The summed E-state index contributed by atoms with van der Waals surface area (Å²) in [7, 11) is 0. The Kier molecular flexibility index (Phi) is 5.03. The smallest absolute Gasteiger partial charge is 0.339 e. The third-order valence-corrected chi connectivity index (χ3v) is 3.54. The molecule has 0 bridgehead atoms. The van der Waals surface area contributed by atoms with Gasteiger partial charge in [-0.2, -0.15) is 0 Å². The number of benzene rings is 2. The maximum Gasteiger partial charge on any atom is 0.339 e. The quantitative estimate of drug-likeness (QED) is 0.653. The highest BCUT2D eigenvalue weighted by atomic mass is 127. The summed E-state index contributed by atoms with van der Waals surface area (Å²) in [4.78, 5) is 23.1. The molecule has 0 atom stereocenters. The molecule has 2 aromatic rings. The van der Waals surface area contributed by atoms with Crippen molar-refractivity contribution in [2.75, 3.05) is 10.6 Å². The van der Waals surface area contributed by atoms with Gasteiger partial charge in [0.2, 0.25) is 0 Å². The summed E-state index contributed by atoms with van der Waals surface area (Å²) in [6, 6.07) is 11.2. The molecule has 5 nitrogen and oxygen atoms in total. The van der Waals surface area contributed by atoms with E-state index in [4.69, 9.17) is 16.7 Å². The highest BCUT2D eigenvalue weighted by molar-refractivity contribution is 14.1. The first-order valence-electron chi connectivity index (χ1n) is 5.83. The number of carbonyl (C=O) groups excluding carboxylic acids is 1. The third-order valence-electron chi connectivity index (χ3n) is 2.56. The number of aromatic carboxylic acids is 1. The summed E-state index contributed by atoms with van der Waals surface area (Å²) in [5.74, 6) is -1.20. The van der Waals surface area contributed by atoms with Gasteiger partial charge in [0.05, 0.1) is 10.7 Å². The van der Waals surface area contributed by atoms with Crippen LogP contribution in [-0.2, 0) is 0 Å². The maximum absolute atomic E-state index is 11.9. The van der Waals surface area contributed by atoms with Crippen molar-refractivity contribution in [2.45, 2.75) is 0 Å². The van der Waals surface area contributed by atoms with Gasteiger partial charge in [-0.25, -0.2) is 9.59 Å². The van der Waals surface area contributed by atoms with Crippen LogP contribution in [0.4, 0.5) is 16.2 Å². The first kappa shape index (κ1) is 15.6. The Labute approximate surface area is 139 Å². The Morgan fingerprint density at radius 1 is 1.10 bits per heavy atom. The van der Waals surface area contributed by atoms with Crippen molar-refractivity contribution in [3.8, 4) is 0 Å². The number of hydrogen-bond donors (Lipinski definition) is 3. The standard InChI is InChI=1S/C14H10ClIN2O3/c15-10-5-2-6-11(12(10)13(19)20)18-14(21)17-9-4-1-3-8(16)7-9/h1-7H,(H,19,20)(H2,17,18,21). The molecule has 0 saturated carbocycles. The fourth-order valence-corrected chi connectivity index (χ4v) is 2.50. The molecule has 2 amide bonds. The third kappa shape index (κ3) is 4.08. The van der Waals surface area contributed by atoms with E-state index in [-0.39, 0.29) is 16.3 Å². The van der Waals surface area contributed by atoms with Gasteiger partial charge in [0, 0.05) is 9.26 Å². The highest BCUT2D eigenvalue weighted by Gasteiger charge is 2.16. The summed E-state index contributed by atoms with van der Waals surface area (Å²) < 4.78 is 0.972. The number of urea groups is 1. The summed E-state index contributed by atoms with van der Waals surface area (Å²) >= 11 is 7.96. The summed E-state index contributed by atoms with van der Waals surface area (Å²) in [6.07, 6.45) is 0. The first-order valence-corrected chi connectivity index (χ1v) is 7.28. The van der Waals surface area contributed by atoms with E-state index >= 15 is 0 Å². The van der Waals surface area contributed by atoms with Gasteiger partial charge >= 0.3 is 12.0 Å². The molecule has 0 saturated heterocycles. The van der Waals surface area contributed by atoms with Crippen molar-refractivity contribution in [3.05, 3.63) is 56.6 Å². The molecular formula is C14H10ClIN2O3. The summed E-state index contributed by atoms with van der Waals surface area (Å²) in [6.45, 7) is 0. The molecule has 0 radical (unpaired) electrons. The molecular weight excluding hydrogens is 407 g/mol. The van der Waals surface area contributed by atoms with Gasteiger partial charge in [0.25, 0.3) is 0 Å². The largest absolute Gasteiger partial charge is 0.478 e. The molecule has 0 aromatic heterocycles. The zero-order chi connectivity index (χ0) is 15.4. The number of hydrogen-bond acceptors (Lipinski definition) is 2. The Morgan fingerprint density at radius 3 is 2.48 bits per heavy atom. The molecule has 108 valence electrons. The molecule has 0 heterocycles. The number of carboxylic acids is 1. The Balaban J connectivity index is 2.17. The van der Waals surface area contributed by atoms with Crippen LogP contribution in [0, 0.1) is 3.57 Å². The normalized spacial score (nSPS) is 10.0. The first-order chi connectivity index (χ1) is 9.97. The van der Waals surface area contributed by atoms with Crippen LogP contribution in [0.3, 0.4) is 0 Å². The molecule has 0 aliphatic carbocycles. The van der Waals surface area contributed by atoms with Gasteiger partial charge in [-0.05, 0) is 52.9 Å². The number of carbonyl (C=O) groups is 2. The molecule has 21 heavy (non-hydrogen) atoms. The van der Waals surface area contributed by atoms with Crippen LogP contribution in [-0.4, -0.2) is 17.1 Å². The molecule has 7 heteroatoms. The van der Waals surface area contributed by atoms with Crippen LogP contribution in [0.2, 0.25) is 5.02 Å². The fourth-order valence-electron chi connectivity index (χ4n) is 1.70. The van der Waals surface area contributed by atoms with Crippen LogP contribution in [0.5, 0.6) is 0 Å². The van der Waals surface area contributed by atoms with E-state index in [0.717, 1.165) is 3.57 Å². The van der Waals surface area contributed by atoms with E-state index < -0.39 is 12.0 Å². The van der Waals surface area contributed by atoms with Crippen molar-refractivity contribution >= 4 is 57.6 Å². The second-order valence-electron chi connectivity index (χ2n) is 4.06. The van der Waals surface area contributed by atoms with Gasteiger partial charge in [0.15, 0.2) is 0 Å². The fraction of sp³-hybridized carbons (Fsp3) is 0. The second-order valence-corrected chi connectivity index (χ2v) is 5.71. The van der Waals surface area contributed by atoms with Crippen LogP contribution >= 0.6 is 34.2 Å². The SMILES string of the molecule is O=C(Nc1cccc(I)c1)Nc1cccc(Cl)c1C(=O)O. The second kappa shape index (κ2) is 6.77. The van der Waals surface area contributed by atoms with Gasteiger partial charge < -0.3 is 15.7 Å². The number of carboxylic acid groups (broad SMARTS) is 1. The lowest BCUT2D eigenvalue weighted by atomic mass is 10.2. The minimum Gasteiger partial charge on any atom is -0.478 e. The lowest BCUT2D eigenvalue weighted by molar-refractivity contribution is 0.0698. The molecule has 0 aliphatic rings. The van der Waals surface area contributed by atoms with E-state index in [1.165, 1.54) is 12.1 Å². The van der Waals surface area contributed by atoms with Crippen molar-refractivity contribution < 1.29 is 14.7 Å². The molecule has 0 spiro atoms. The molecule has 0 fully saturated rings. The van der Waals surface area contributed by atoms with E-state index in [0.29, 0.717) is 5.69 Å². The molecule has 2 rings (SSSR count). The predicted molar refractivity (Wildman–Crippen MR) is 90.2 cm³/mol. The van der Waals surface area contributed by atoms with E-state index in [2.05, 4.69) is 33.2 Å². The van der Waals surface area contributed by atoms with Crippen LogP contribution in [0.1, 0.15) is 10.4 Å². The van der Waals surface area contributed by atoms with Gasteiger partial charge in [0.1, 0.15) is 5.56 Å². The van der Waals surface area contributed by atoms with Crippen molar-refractivity contribution in [1.29, 1.82) is 0 Å². The summed E-state index contributed by atoms with van der Waals surface area (Å²) in [5.41, 5.74) is 0.605. The molecule has 0 unspecified atom stereocenters. The number of rotatable bonds is 3. The van der Waals surface area contributed by atoms with E-state index in [9.17, 15) is 9.59 Å². The Bertz CT molecular complexity index is 706. The average Bonchev–Trinajstić information content (AvgIpc) is 2.37. The van der Waals surface area contributed by atoms with E-state index in [1.807, 2.05) is 6.07 Å². The lowest BCUT2D eigenvalue weighted by Crippen LogP contribution is -2.21. The zero-order valence-electron chi connectivity index (χ0n) is 10.6. The topological polar surface area (TPSA) is 78.4 Å². The number of halogens is 2. The predicted octanol–water partition coefficient (Wildman–Crippen LogP) is 4.29.